The van der Waals surface area contributed by atoms with Gasteiger partial charge in [-0.3, -0.25) is 4.40 Å². The van der Waals surface area contributed by atoms with Crippen LogP contribution in [0.25, 0.3) is 15.2 Å². The van der Waals surface area contributed by atoms with E-state index in [2.05, 4.69) is 37.4 Å². The number of rotatable bonds is 1. The van der Waals surface area contributed by atoms with Crippen LogP contribution >= 0.6 is 27.3 Å². The molecule has 0 saturated carbocycles. The van der Waals surface area contributed by atoms with Crippen molar-refractivity contribution in [2.75, 3.05) is 0 Å². The summed E-state index contributed by atoms with van der Waals surface area (Å²) in [5, 5.41) is 0. The number of benzene rings is 1. The predicted octanol–water partition coefficient (Wildman–Crippen LogP) is 3.33. The standard InChI is InChI=1S/C11H10BrN3S/c1-6(13)8-5-15-9-3-2-7(12)4-10(9)16-11(15)14-8/h2-6H,13H2,1H3. The molecule has 0 aliphatic carbocycles. The first-order chi connectivity index (χ1) is 7.65. The van der Waals surface area contributed by atoms with Crippen LogP contribution in [0, 0.1) is 0 Å². The van der Waals surface area contributed by atoms with Gasteiger partial charge in [0.25, 0.3) is 0 Å². The van der Waals surface area contributed by atoms with Gasteiger partial charge in [0, 0.05) is 16.7 Å². The van der Waals surface area contributed by atoms with Crippen LogP contribution in [0.3, 0.4) is 0 Å². The van der Waals surface area contributed by atoms with Crippen molar-refractivity contribution in [2.45, 2.75) is 13.0 Å². The summed E-state index contributed by atoms with van der Waals surface area (Å²) in [6.07, 6.45) is 2.02. The largest absolute Gasteiger partial charge is 0.323 e. The van der Waals surface area contributed by atoms with Crippen molar-refractivity contribution in [3.63, 3.8) is 0 Å². The van der Waals surface area contributed by atoms with Crippen molar-refractivity contribution < 1.29 is 0 Å². The number of hydrogen-bond acceptors (Lipinski definition) is 3. The van der Waals surface area contributed by atoms with Crippen LogP contribution in [0.4, 0.5) is 0 Å². The molecule has 5 heteroatoms. The molecular formula is C11H10BrN3S. The van der Waals surface area contributed by atoms with Gasteiger partial charge in [0.1, 0.15) is 0 Å². The normalized spacial score (nSPS) is 13.7. The SMILES string of the molecule is CC(N)c1cn2c(n1)sc1cc(Br)ccc12. The highest BCUT2D eigenvalue weighted by Gasteiger charge is 2.10. The van der Waals surface area contributed by atoms with E-state index in [0.29, 0.717) is 0 Å². The van der Waals surface area contributed by atoms with Crippen LogP contribution in [0.2, 0.25) is 0 Å². The molecule has 2 heterocycles. The predicted molar refractivity (Wildman–Crippen MR) is 70.9 cm³/mol. The van der Waals surface area contributed by atoms with E-state index >= 15 is 0 Å². The number of fused-ring (bicyclic) bond motifs is 3. The Hall–Kier alpha value is -0.910. The van der Waals surface area contributed by atoms with Crippen LogP contribution < -0.4 is 5.73 Å². The van der Waals surface area contributed by atoms with Gasteiger partial charge >= 0.3 is 0 Å². The third kappa shape index (κ3) is 1.47. The lowest BCUT2D eigenvalue weighted by Crippen LogP contribution is -2.04. The monoisotopic (exact) mass is 295 g/mol. The van der Waals surface area contributed by atoms with Gasteiger partial charge in [-0.05, 0) is 25.1 Å². The van der Waals surface area contributed by atoms with E-state index in [1.165, 1.54) is 10.2 Å². The van der Waals surface area contributed by atoms with Crippen LogP contribution in [0.5, 0.6) is 0 Å². The average molecular weight is 296 g/mol. The van der Waals surface area contributed by atoms with Crippen LogP contribution in [0.1, 0.15) is 18.7 Å². The molecule has 1 aromatic carbocycles. The molecule has 0 saturated heterocycles. The summed E-state index contributed by atoms with van der Waals surface area (Å²) < 4.78 is 4.43. The molecule has 2 N–H and O–H groups in total. The highest BCUT2D eigenvalue weighted by Crippen LogP contribution is 2.29. The fourth-order valence-corrected chi connectivity index (χ4v) is 3.28. The minimum Gasteiger partial charge on any atom is -0.323 e. The number of halogens is 1. The molecule has 1 unspecified atom stereocenters. The van der Waals surface area contributed by atoms with Gasteiger partial charge in [-0.1, -0.05) is 27.3 Å². The Morgan fingerprint density at radius 3 is 3.06 bits per heavy atom. The Balaban J connectivity index is 2.34. The van der Waals surface area contributed by atoms with Gasteiger partial charge in [-0.15, -0.1) is 0 Å². The Bertz CT molecular complexity index is 668. The minimum atomic E-state index is -0.0161. The van der Waals surface area contributed by atoms with Gasteiger partial charge in [-0.25, -0.2) is 4.98 Å². The van der Waals surface area contributed by atoms with Crippen molar-refractivity contribution >= 4 is 42.4 Å². The Labute approximate surface area is 105 Å². The first kappa shape index (κ1) is 10.3. The number of imidazole rings is 1. The van der Waals surface area contributed by atoms with E-state index in [1.807, 2.05) is 19.2 Å². The molecule has 3 nitrogen and oxygen atoms in total. The highest BCUT2D eigenvalue weighted by atomic mass is 79.9. The van der Waals surface area contributed by atoms with Crippen molar-refractivity contribution in [3.8, 4) is 0 Å². The van der Waals surface area contributed by atoms with E-state index < -0.39 is 0 Å². The molecule has 1 atom stereocenters. The van der Waals surface area contributed by atoms with Crippen molar-refractivity contribution in [1.82, 2.24) is 9.38 Å². The van der Waals surface area contributed by atoms with Gasteiger partial charge in [0.2, 0.25) is 0 Å². The maximum atomic E-state index is 5.83. The molecule has 0 aliphatic heterocycles. The third-order valence-electron chi connectivity index (χ3n) is 2.54. The summed E-state index contributed by atoms with van der Waals surface area (Å²) in [7, 11) is 0. The summed E-state index contributed by atoms with van der Waals surface area (Å²) in [5.41, 5.74) is 7.95. The second kappa shape index (κ2) is 3.55. The zero-order valence-electron chi connectivity index (χ0n) is 8.64. The molecule has 82 valence electrons. The second-order valence-corrected chi connectivity index (χ2v) is 5.75. The quantitative estimate of drug-likeness (QED) is 0.748. The van der Waals surface area contributed by atoms with E-state index in [0.717, 1.165) is 15.1 Å². The van der Waals surface area contributed by atoms with Gasteiger partial charge < -0.3 is 5.73 Å². The van der Waals surface area contributed by atoms with E-state index in [9.17, 15) is 0 Å². The lowest BCUT2D eigenvalue weighted by molar-refractivity contribution is 0.790. The summed E-state index contributed by atoms with van der Waals surface area (Å²) in [6.45, 7) is 1.95. The first-order valence-electron chi connectivity index (χ1n) is 4.98. The fourth-order valence-electron chi connectivity index (χ4n) is 1.71. The zero-order valence-corrected chi connectivity index (χ0v) is 11.0. The molecule has 3 rings (SSSR count). The summed E-state index contributed by atoms with van der Waals surface area (Å²) in [6, 6.07) is 6.23. The number of nitrogens with two attached hydrogens (primary N) is 1. The molecule has 0 fully saturated rings. The maximum Gasteiger partial charge on any atom is 0.195 e. The van der Waals surface area contributed by atoms with Crippen LogP contribution in [-0.2, 0) is 0 Å². The second-order valence-electron chi connectivity index (χ2n) is 3.82. The maximum absolute atomic E-state index is 5.83. The van der Waals surface area contributed by atoms with E-state index in [1.54, 1.807) is 11.3 Å². The molecule has 0 spiro atoms. The van der Waals surface area contributed by atoms with E-state index in [4.69, 9.17) is 5.73 Å². The minimum absolute atomic E-state index is 0.0161. The lowest BCUT2D eigenvalue weighted by atomic mass is 10.3. The van der Waals surface area contributed by atoms with Gasteiger partial charge in [0.05, 0.1) is 15.9 Å². The summed E-state index contributed by atoms with van der Waals surface area (Å²) in [5.74, 6) is 0. The van der Waals surface area contributed by atoms with Crippen molar-refractivity contribution in [1.29, 1.82) is 0 Å². The number of aromatic nitrogens is 2. The molecule has 0 radical (unpaired) electrons. The van der Waals surface area contributed by atoms with Crippen LogP contribution in [-0.4, -0.2) is 9.38 Å². The van der Waals surface area contributed by atoms with Crippen molar-refractivity contribution in [3.05, 3.63) is 34.6 Å². The Kier molecular flexibility index (Phi) is 2.27. The topological polar surface area (TPSA) is 43.3 Å². The fraction of sp³-hybridized carbons (Fsp3) is 0.182. The summed E-state index contributed by atoms with van der Waals surface area (Å²) >= 11 is 5.15. The average Bonchev–Trinajstić information content (AvgIpc) is 2.73. The number of hydrogen-bond donors (Lipinski definition) is 1. The third-order valence-corrected chi connectivity index (χ3v) is 4.05. The van der Waals surface area contributed by atoms with Crippen LogP contribution in [0.15, 0.2) is 28.9 Å². The molecule has 0 bridgehead atoms. The first-order valence-corrected chi connectivity index (χ1v) is 6.59. The van der Waals surface area contributed by atoms with Crippen molar-refractivity contribution in [2.24, 2.45) is 5.73 Å². The molecular weight excluding hydrogens is 286 g/mol. The number of thiazole rings is 1. The Morgan fingerprint density at radius 1 is 1.50 bits per heavy atom. The molecule has 16 heavy (non-hydrogen) atoms. The smallest absolute Gasteiger partial charge is 0.195 e. The molecule has 0 amide bonds. The summed E-state index contributed by atoms with van der Waals surface area (Å²) in [4.78, 5) is 5.52. The van der Waals surface area contributed by atoms with Gasteiger partial charge in [-0.2, -0.15) is 0 Å². The highest BCUT2D eigenvalue weighted by molar-refractivity contribution is 9.10. The van der Waals surface area contributed by atoms with Gasteiger partial charge in [0.15, 0.2) is 4.96 Å². The Morgan fingerprint density at radius 2 is 2.31 bits per heavy atom. The zero-order chi connectivity index (χ0) is 11.3. The lowest BCUT2D eigenvalue weighted by Gasteiger charge is -1.97. The molecule has 2 aromatic heterocycles. The van der Waals surface area contributed by atoms with E-state index in [-0.39, 0.29) is 6.04 Å². The number of nitrogens with zero attached hydrogens (tertiary/aromatic N) is 2. The molecule has 3 aromatic rings. The molecule has 0 aliphatic rings.